The molecule has 0 aliphatic carbocycles. The van der Waals surface area contributed by atoms with E-state index in [-0.39, 0.29) is 13.2 Å². The molecular formula is C25H36O3S. The van der Waals surface area contributed by atoms with Gasteiger partial charge in [-0.3, -0.25) is 0 Å². The second-order valence-electron chi connectivity index (χ2n) is 7.79. The molecule has 0 fully saturated rings. The van der Waals surface area contributed by atoms with E-state index in [4.69, 9.17) is 0 Å². The van der Waals surface area contributed by atoms with Crippen LogP contribution in [0.15, 0.2) is 35.7 Å². The van der Waals surface area contributed by atoms with Crippen molar-refractivity contribution in [2.75, 3.05) is 0 Å². The Bertz CT molecular complexity index is 787. The van der Waals surface area contributed by atoms with E-state index in [0.29, 0.717) is 0 Å². The average Bonchev–Trinajstić information content (AvgIpc) is 3.23. The third-order valence-corrected chi connectivity index (χ3v) is 7.04. The number of allylic oxidation sites excluding steroid dienone is 2. The Morgan fingerprint density at radius 2 is 1.66 bits per heavy atom. The number of hydrogen-bond donors (Lipinski definition) is 3. The van der Waals surface area contributed by atoms with Crippen molar-refractivity contribution in [3.05, 3.63) is 62.9 Å². The van der Waals surface area contributed by atoms with Gasteiger partial charge in [0, 0.05) is 4.88 Å². The molecule has 2 rings (SSSR count). The largest absolute Gasteiger partial charge is 0.392 e. The Kier molecular flexibility index (Phi) is 9.57. The van der Waals surface area contributed by atoms with E-state index in [1.54, 1.807) is 11.3 Å². The first-order valence-electron chi connectivity index (χ1n) is 10.8. The van der Waals surface area contributed by atoms with Crippen LogP contribution in [-0.2, 0) is 26.1 Å². The van der Waals surface area contributed by atoms with Gasteiger partial charge in [-0.05, 0) is 84.2 Å². The van der Waals surface area contributed by atoms with E-state index in [1.165, 1.54) is 21.6 Å². The highest BCUT2D eigenvalue weighted by Gasteiger charge is 2.20. The molecule has 3 N–H and O–H groups in total. The summed E-state index contributed by atoms with van der Waals surface area (Å²) < 4.78 is 0. The van der Waals surface area contributed by atoms with Crippen LogP contribution in [-0.4, -0.2) is 20.9 Å². The summed E-state index contributed by atoms with van der Waals surface area (Å²) in [5.41, 5.74) is 4.96. The van der Waals surface area contributed by atoms with Crippen molar-refractivity contribution in [1.82, 2.24) is 0 Å². The summed E-state index contributed by atoms with van der Waals surface area (Å²) in [6.07, 6.45) is 8.52. The molecule has 3 nitrogen and oxygen atoms in total. The van der Waals surface area contributed by atoms with Crippen LogP contribution in [0.1, 0.15) is 80.0 Å². The molecule has 0 aliphatic rings. The average molecular weight is 417 g/mol. The molecule has 160 valence electrons. The van der Waals surface area contributed by atoms with Gasteiger partial charge in [-0.25, -0.2) is 0 Å². The van der Waals surface area contributed by atoms with E-state index < -0.39 is 5.60 Å². The van der Waals surface area contributed by atoms with Crippen LogP contribution >= 0.6 is 11.3 Å². The normalized spacial score (nSPS) is 12.6. The summed E-state index contributed by atoms with van der Waals surface area (Å²) in [6, 6.07) is 8.24. The van der Waals surface area contributed by atoms with E-state index >= 15 is 0 Å². The quantitative estimate of drug-likeness (QED) is 0.419. The zero-order chi connectivity index (χ0) is 21.3. The zero-order valence-corrected chi connectivity index (χ0v) is 18.9. The van der Waals surface area contributed by atoms with Crippen LogP contribution in [0.5, 0.6) is 0 Å². The van der Waals surface area contributed by atoms with Crippen LogP contribution in [0.3, 0.4) is 0 Å². The Balaban J connectivity index is 1.99. The van der Waals surface area contributed by atoms with E-state index in [1.807, 2.05) is 18.2 Å². The van der Waals surface area contributed by atoms with E-state index in [2.05, 4.69) is 38.3 Å². The van der Waals surface area contributed by atoms with Gasteiger partial charge in [0.1, 0.15) is 0 Å². The van der Waals surface area contributed by atoms with Gasteiger partial charge in [-0.1, -0.05) is 45.0 Å². The predicted molar refractivity (Wildman–Crippen MR) is 123 cm³/mol. The molecule has 0 spiro atoms. The summed E-state index contributed by atoms with van der Waals surface area (Å²) in [5, 5.41) is 31.5. The van der Waals surface area contributed by atoms with Crippen molar-refractivity contribution >= 4 is 16.9 Å². The second kappa shape index (κ2) is 11.7. The molecule has 0 atom stereocenters. The Labute approximate surface area is 179 Å². The standard InChI is InChI=1S/C25H36O3S/c1-4-21(8-7-13-25(28,5-2)6-3)24-15-20(18-29-24)10-9-19-11-12-22(16-26)23(14-19)17-27/h8,11-12,14-15,18,26-28H,4-7,9-10,13,16-17H2,1-3H3/b21-8+. The van der Waals surface area contributed by atoms with Gasteiger partial charge in [0.05, 0.1) is 18.8 Å². The Morgan fingerprint density at radius 3 is 2.28 bits per heavy atom. The van der Waals surface area contributed by atoms with Gasteiger partial charge in [-0.15, -0.1) is 11.3 Å². The molecule has 0 unspecified atom stereocenters. The highest BCUT2D eigenvalue weighted by molar-refractivity contribution is 7.11. The molecule has 1 heterocycles. The van der Waals surface area contributed by atoms with Crippen LogP contribution in [0.4, 0.5) is 0 Å². The molecule has 0 saturated carbocycles. The molecular weight excluding hydrogens is 380 g/mol. The number of aliphatic hydroxyl groups excluding tert-OH is 2. The number of aryl methyl sites for hydroxylation is 2. The predicted octanol–water partition coefficient (Wildman–Crippen LogP) is 5.64. The first-order valence-corrected chi connectivity index (χ1v) is 11.7. The molecule has 4 heteroatoms. The molecule has 0 bridgehead atoms. The number of hydrogen-bond acceptors (Lipinski definition) is 4. The van der Waals surface area contributed by atoms with Gasteiger partial charge in [0.15, 0.2) is 0 Å². The minimum atomic E-state index is -0.533. The van der Waals surface area contributed by atoms with Gasteiger partial charge in [0.2, 0.25) is 0 Å². The SMILES string of the molecule is CC/C(=C\CCC(O)(CC)CC)c1cc(CCc2ccc(CO)c(CO)c2)cs1. The third-order valence-electron chi connectivity index (χ3n) is 5.98. The maximum Gasteiger partial charge on any atom is 0.0685 e. The first-order chi connectivity index (χ1) is 14.0. The van der Waals surface area contributed by atoms with Crippen molar-refractivity contribution in [2.24, 2.45) is 0 Å². The zero-order valence-electron chi connectivity index (χ0n) is 18.1. The highest BCUT2D eigenvalue weighted by atomic mass is 32.1. The smallest absolute Gasteiger partial charge is 0.0685 e. The minimum absolute atomic E-state index is 0.0376. The molecule has 2 aromatic rings. The maximum absolute atomic E-state index is 10.5. The molecule has 0 saturated heterocycles. The lowest BCUT2D eigenvalue weighted by atomic mass is 9.91. The van der Waals surface area contributed by atoms with Gasteiger partial charge >= 0.3 is 0 Å². The summed E-state index contributed by atoms with van der Waals surface area (Å²) >= 11 is 1.80. The maximum atomic E-state index is 10.5. The molecule has 0 amide bonds. The number of rotatable bonds is 12. The monoisotopic (exact) mass is 416 g/mol. The fourth-order valence-electron chi connectivity index (χ4n) is 3.64. The molecule has 1 aromatic carbocycles. The third kappa shape index (κ3) is 6.78. The second-order valence-corrected chi connectivity index (χ2v) is 8.70. The lowest BCUT2D eigenvalue weighted by Crippen LogP contribution is -2.25. The van der Waals surface area contributed by atoms with Crippen LogP contribution in [0, 0.1) is 0 Å². The summed E-state index contributed by atoms with van der Waals surface area (Å²) in [7, 11) is 0. The molecule has 1 aromatic heterocycles. The van der Waals surface area contributed by atoms with Crippen molar-refractivity contribution in [1.29, 1.82) is 0 Å². The number of aliphatic hydroxyl groups is 3. The fourth-order valence-corrected chi connectivity index (χ4v) is 4.70. The van der Waals surface area contributed by atoms with Crippen LogP contribution < -0.4 is 0 Å². The Morgan fingerprint density at radius 1 is 0.966 bits per heavy atom. The number of benzene rings is 1. The topological polar surface area (TPSA) is 60.7 Å². The van der Waals surface area contributed by atoms with Gasteiger partial charge in [0.25, 0.3) is 0 Å². The minimum Gasteiger partial charge on any atom is -0.392 e. The number of thiophene rings is 1. The van der Waals surface area contributed by atoms with Gasteiger partial charge < -0.3 is 15.3 Å². The Hall–Kier alpha value is -1.46. The lowest BCUT2D eigenvalue weighted by molar-refractivity contribution is 0.0246. The van der Waals surface area contributed by atoms with Crippen molar-refractivity contribution in [2.45, 2.75) is 84.5 Å². The highest BCUT2D eigenvalue weighted by Crippen LogP contribution is 2.29. The van der Waals surface area contributed by atoms with E-state index in [9.17, 15) is 15.3 Å². The van der Waals surface area contributed by atoms with Crippen molar-refractivity contribution < 1.29 is 15.3 Å². The van der Waals surface area contributed by atoms with Gasteiger partial charge in [-0.2, -0.15) is 0 Å². The first kappa shape index (κ1) is 23.8. The van der Waals surface area contributed by atoms with Crippen molar-refractivity contribution in [3.63, 3.8) is 0 Å². The van der Waals surface area contributed by atoms with Crippen LogP contribution in [0.25, 0.3) is 5.57 Å². The lowest BCUT2D eigenvalue weighted by Gasteiger charge is -2.24. The summed E-state index contributed by atoms with van der Waals surface area (Å²) in [6.45, 7) is 6.23. The molecule has 29 heavy (non-hydrogen) atoms. The fraction of sp³-hybridized carbons (Fsp3) is 0.520. The van der Waals surface area contributed by atoms with Crippen LogP contribution in [0.2, 0.25) is 0 Å². The summed E-state index contributed by atoms with van der Waals surface area (Å²) in [5.74, 6) is 0. The van der Waals surface area contributed by atoms with Crippen molar-refractivity contribution in [3.8, 4) is 0 Å². The van der Waals surface area contributed by atoms with E-state index in [0.717, 1.165) is 56.1 Å². The molecule has 0 aliphatic heterocycles. The summed E-state index contributed by atoms with van der Waals surface area (Å²) in [4.78, 5) is 1.32. The molecule has 0 radical (unpaired) electrons.